The van der Waals surface area contributed by atoms with E-state index in [1.807, 2.05) is 13.8 Å². The molecule has 0 radical (unpaired) electrons. The highest BCUT2D eigenvalue weighted by Gasteiger charge is 2.31. The molecule has 4 heteroatoms. The molecule has 0 spiro atoms. The van der Waals surface area contributed by atoms with Gasteiger partial charge in [-0.15, -0.1) is 0 Å². The zero-order valence-electron chi connectivity index (χ0n) is 6.29. The summed E-state index contributed by atoms with van der Waals surface area (Å²) in [5, 5.41) is -0.0473. The normalized spacial score (nSPS) is 25.9. The SMILES string of the molecule is CC(C)[S@@](=N)(=O)C1COC1. The van der Waals surface area contributed by atoms with Gasteiger partial charge in [0.25, 0.3) is 0 Å². The number of ether oxygens (including phenoxy) is 1. The second-order valence-electron chi connectivity index (χ2n) is 2.86. The van der Waals surface area contributed by atoms with Crippen LogP contribution in [-0.2, 0) is 14.5 Å². The second-order valence-corrected chi connectivity index (χ2v) is 5.76. The van der Waals surface area contributed by atoms with Gasteiger partial charge in [-0.2, -0.15) is 0 Å². The summed E-state index contributed by atoms with van der Waals surface area (Å²) in [6.07, 6.45) is 0. The summed E-state index contributed by atoms with van der Waals surface area (Å²) in [6.45, 7) is 4.68. The lowest BCUT2D eigenvalue weighted by Crippen LogP contribution is -2.43. The van der Waals surface area contributed by atoms with Gasteiger partial charge < -0.3 is 4.74 Å². The van der Waals surface area contributed by atoms with E-state index in [0.29, 0.717) is 13.2 Å². The quantitative estimate of drug-likeness (QED) is 0.655. The number of hydrogen-bond donors (Lipinski definition) is 1. The van der Waals surface area contributed by atoms with Gasteiger partial charge in [0.05, 0.1) is 28.2 Å². The monoisotopic (exact) mass is 163 g/mol. The van der Waals surface area contributed by atoms with Gasteiger partial charge in [0.15, 0.2) is 0 Å². The number of nitrogens with one attached hydrogen (secondary N) is 1. The lowest BCUT2D eigenvalue weighted by molar-refractivity contribution is 0.0425. The summed E-state index contributed by atoms with van der Waals surface area (Å²) in [4.78, 5) is 0. The zero-order valence-corrected chi connectivity index (χ0v) is 7.11. The van der Waals surface area contributed by atoms with Crippen LogP contribution in [0.15, 0.2) is 0 Å². The summed E-state index contributed by atoms with van der Waals surface area (Å²) in [7, 11) is -2.37. The first-order valence-electron chi connectivity index (χ1n) is 3.39. The van der Waals surface area contributed by atoms with E-state index in [2.05, 4.69) is 0 Å². The first-order valence-corrected chi connectivity index (χ1v) is 5.08. The fraction of sp³-hybridized carbons (Fsp3) is 1.00. The third-order valence-electron chi connectivity index (χ3n) is 1.80. The van der Waals surface area contributed by atoms with E-state index in [4.69, 9.17) is 9.52 Å². The Morgan fingerprint density at radius 3 is 2.20 bits per heavy atom. The van der Waals surface area contributed by atoms with Crippen molar-refractivity contribution in [2.75, 3.05) is 13.2 Å². The van der Waals surface area contributed by atoms with Crippen molar-refractivity contribution in [3.8, 4) is 0 Å². The minimum atomic E-state index is -2.37. The van der Waals surface area contributed by atoms with Crippen molar-refractivity contribution < 1.29 is 8.95 Å². The van der Waals surface area contributed by atoms with E-state index >= 15 is 0 Å². The van der Waals surface area contributed by atoms with Crippen LogP contribution in [-0.4, -0.2) is 27.9 Å². The summed E-state index contributed by atoms with van der Waals surface area (Å²) >= 11 is 0. The van der Waals surface area contributed by atoms with Gasteiger partial charge in [0.2, 0.25) is 0 Å². The molecule has 60 valence electrons. The van der Waals surface area contributed by atoms with Crippen LogP contribution in [0.3, 0.4) is 0 Å². The molecule has 0 unspecified atom stereocenters. The molecule has 1 atom stereocenters. The Morgan fingerprint density at radius 1 is 1.60 bits per heavy atom. The Labute approximate surface area is 61.7 Å². The highest BCUT2D eigenvalue weighted by Crippen LogP contribution is 2.17. The Morgan fingerprint density at radius 2 is 2.10 bits per heavy atom. The van der Waals surface area contributed by atoms with Crippen molar-refractivity contribution in [2.24, 2.45) is 0 Å². The van der Waals surface area contributed by atoms with Crippen molar-refractivity contribution in [1.29, 1.82) is 4.78 Å². The first kappa shape index (κ1) is 8.01. The van der Waals surface area contributed by atoms with Crippen LogP contribution >= 0.6 is 0 Å². The van der Waals surface area contributed by atoms with E-state index in [1.54, 1.807) is 0 Å². The van der Waals surface area contributed by atoms with E-state index in [-0.39, 0.29) is 10.5 Å². The minimum absolute atomic E-state index is 0.00694. The van der Waals surface area contributed by atoms with Crippen molar-refractivity contribution in [3.63, 3.8) is 0 Å². The van der Waals surface area contributed by atoms with Crippen LogP contribution < -0.4 is 0 Å². The molecule has 0 aromatic carbocycles. The molecule has 1 saturated heterocycles. The highest BCUT2D eigenvalue weighted by molar-refractivity contribution is 7.93. The largest absolute Gasteiger partial charge is 0.379 e. The summed E-state index contributed by atoms with van der Waals surface area (Å²) < 4.78 is 23.8. The third kappa shape index (κ3) is 1.18. The molecule has 1 rings (SSSR count). The molecule has 1 aliphatic heterocycles. The van der Waals surface area contributed by atoms with Crippen LogP contribution in [0.2, 0.25) is 0 Å². The van der Waals surface area contributed by atoms with Crippen LogP contribution in [0.1, 0.15) is 13.8 Å². The van der Waals surface area contributed by atoms with Gasteiger partial charge in [-0.3, -0.25) is 4.78 Å². The molecular weight excluding hydrogens is 150 g/mol. The summed E-state index contributed by atoms with van der Waals surface area (Å²) in [6, 6.07) is 0. The predicted octanol–water partition coefficient (Wildman–Crippen LogP) is 0.840. The molecule has 0 bridgehead atoms. The Bertz CT molecular complexity index is 204. The van der Waals surface area contributed by atoms with E-state index < -0.39 is 9.73 Å². The fourth-order valence-corrected chi connectivity index (χ4v) is 2.17. The topological polar surface area (TPSA) is 50.2 Å². The van der Waals surface area contributed by atoms with Gasteiger partial charge >= 0.3 is 0 Å². The molecule has 1 fully saturated rings. The van der Waals surface area contributed by atoms with E-state index in [1.165, 1.54) is 0 Å². The molecule has 3 nitrogen and oxygen atoms in total. The lowest BCUT2D eigenvalue weighted by Gasteiger charge is -2.29. The predicted molar refractivity (Wildman–Crippen MR) is 40.6 cm³/mol. The van der Waals surface area contributed by atoms with Crippen molar-refractivity contribution in [3.05, 3.63) is 0 Å². The molecule has 0 saturated carbocycles. The number of hydrogen-bond acceptors (Lipinski definition) is 3. The maximum Gasteiger partial charge on any atom is 0.0897 e. The standard InChI is InChI=1S/C6H13NO2S/c1-5(2)10(7,8)6-3-9-4-6/h5-7H,3-4H2,1-2H3/t10-/m1/s1. The molecule has 10 heavy (non-hydrogen) atoms. The maximum absolute atomic E-state index is 11.5. The van der Waals surface area contributed by atoms with E-state index in [0.717, 1.165) is 0 Å². The molecule has 0 aromatic heterocycles. The molecule has 0 aliphatic carbocycles. The van der Waals surface area contributed by atoms with Gasteiger partial charge in [-0.25, -0.2) is 4.21 Å². The van der Waals surface area contributed by atoms with Gasteiger partial charge in [-0.05, 0) is 0 Å². The fourth-order valence-electron chi connectivity index (χ4n) is 0.801. The van der Waals surface area contributed by atoms with Crippen molar-refractivity contribution >= 4 is 9.73 Å². The number of rotatable bonds is 2. The van der Waals surface area contributed by atoms with Gasteiger partial charge in [0.1, 0.15) is 0 Å². The summed E-state index contributed by atoms with van der Waals surface area (Å²) in [5.74, 6) is 0. The average molecular weight is 163 g/mol. The molecule has 0 aromatic rings. The summed E-state index contributed by atoms with van der Waals surface area (Å²) in [5.41, 5.74) is 0. The Kier molecular flexibility index (Phi) is 2.01. The zero-order chi connectivity index (χ0) is 7.78. The van der Waals surface area contributed by atoms with Crippen molar-refractivity contribution in [2.45, 2.75) is 24.3 Å². The third-order valence-corrected chi connectivity index (χ3v) is 4.47. The van der Waals surface area contributed by atoms with Crippen LogP contribution in [0.4, 0.5) is 0 Å². The van der Waals surface area contributed by atoms with Crippen molar-refractivity contribution in [1.82, 2.24) is 0 Å². The minimum Gasteiger partial charge on any atom is -0.379 e. The molecular formula is C6H13NO2S. The molecule has 1 N–H and O–H groups in total. The van der Waals surface area contributed by atoms with Crippen LogP contribution in [0.25, 0.3) is 0 Å². The Hall–Kier alpha value is -0.0900. The van der Waals surface area contributed by atoms with Gasteiger partial charge in [-0.1, -0.05) is 13.8 Å². The first-order chi connectivity index (χ1) is 4.55. The van der Waals surface area contributed by atoms with Crippen LogP contribution in [0.5, 0.6) is 0 Å². The van der Waals surface area contributed by atoms with Crippen LogP contribution in [0, 0.1) is 4.78 Å². The molecule has 1 heterocycles. The maximum atomic E-state index is 11.5. The molecule has 1 aliphatic rings. The Balaban J connectivity index is 2.68. The van der Waals surface area contributed by atoms with E-state index in [9.17, 15) is 4.21 Å². The average Bonchev–Trinajstić information content (AvgIpc) is 1.57. The second kappa shape index (κ2) is 2.51. The smallest absolute Gasteiger partial charge is 0.0897 e. The lowest BCUT2D eigenvalue weighted by atomic mass is 10.4. The van der Waals surface area contributed by atoms with Gasteiger partial charge in [0, 0.05) is 5.25 Å². The highest BCUT2D eigenvalue weighted by atomic mass is 32.2. The molecule has 0 amide bonds.